The minimum absolute atomic E-state index is 0. The molecule has 138 valence electrons. The van der Waals surface area contributed by atoms with Crippen molar-refractivity contribution in [2.75, 3.05) is 23.6 Å². The van der Waals surface area contributed by atoms with Gasteiger partial charge in [0.15, 0.2) is 5.96 Å². The predicted octanol–water partition coefficient (Wildman–Crippen LogP) is 3.71. The van der Waals surface area contributed by atoms with Gasteiger partial charge in [0.1, 0.15) is 4.21 Å². The molecule has 0 fully saturated rings. The number of sulfonamides is 1. The third-order valence-corrected chi connectivity index (χ3v) is 6.96. The van der Waals surface area contributed by atoms with Crippen molar-refractivity contribution in [1.82, 2.24) is 4.90 Å². The van der Waals surface area contributed by atoms with Crippen LogP contribution in [0.15, 0.2) is 44.9 Å². The Morgan fingerprint density at radius 3 is 2.92 bits per heavy atom. The van der Waals surface area contributed by atoms with Crippen molar-refractivity contribution in [3.05, 3.63) is 41.3 Å². The van der Waals surface area contributed by atoms with E-state index in [-0.39, 0.29) is 8.90 Å². The van der Waals surface area contributed by atoms with Crippen molar-refractivity contribution < 1.29 is 11.3 Å². The topological polar surface area (TPSA) is 73.8 Å². The maximum Gasteiger partial charge on any atom is 0.271 e. The average molecular weight is 383 g/mol. The van der Waals surface area contributed by atoms with Gasteiger partial charge in [-0.15, -0.1) is 11.3 Å². The molecule has 0 aliphatic carbocycles. The zero-order valence-corrected chi connectivity index (χ0v) is 16.1. The Kier molecular flexibility index (Phi) is 5.01. The minimum Gasteiger partial charge on any atom is -0.343 e. The minimum atomic E-state index is -3.54. The van der Waals surface area contributed by atoms with Crippen LogP contribution in [0.4, 0.5) is 11.4 Å². The van der Waals surface area contributed by atoms with Crippen LogP contribution in [0.3, 0.4) is 0 Å². The van der Waals surface area contributed by atoms with E-state index in [1.54, 1.807) is 23.6 Å². The highest BCUT2D eigenvalue weighted by atomic mass is 32.2. The van der Waals surface area contributed by atoms with Gasteiger partial charge in [0.25, 0.3) is 10.0 Å². The second-order valence-electron chi connectivity index (χ2n) is 6.00. The van der Waals surface area contributed by atoms with Crippen LogP contribution in [0.1, 0.15) is 22.3 Å². The van der Waals surface area contributed by atoms with Gasteiger partial charge in [0.05, 0.1) is 0 Å². The van der Waals surface area contributed by atoms with Gasteiger partial charge in [-0.3, -0.25) is 9.71 Å². The first-order valence-electron chi connectivity index (χ1n) is 8.14. The molecule has 0 saturated heterocycles. The fraction of sp³-hybridized carbons (Fsp3) is 0.353. The molecule has 0 bridgehead atoms. The summed E-state index contributed by atoms with van der Waals surface area (Å²) < 4.78 is 27.8. The molecule has 0 spiro atoms. The number of nitrogens with zero attached hydrogens (tertiary/aromatic N) is 2. The Morgan fingerprint density at radius 2 is 2.24 bits per heavy atom. The van der Waals surface area contributed by atoms with E-state index in [1.165, 1.54) is 11.3 Å². The maximum atomic E-state index is 12.4. The van der Waals surface area contributed by atoms with Gasteiger partial charge in [-0.1, -0.05) is 6.07 Å². The van der Waals surface area contributed by atoms with Crippen LogP contribution in [0, 0.1) is 0 Å². The lowest BCUT2D eigenvalue weighted by Gasteiger charge is -2.25. The Morgan fingerprint density at radius 1 is 1.44 bits per heavy atom. The molecular formula is C17H26N4O2S2. The number of guanidine groups is 1. The van der Waals surface area contributed by atoms with E-state index in [4.69, 9.17) is 0 Å². The van der Waals surface area contributed by atoms with Crippen molar-refractivity contribution in [1.29, 1.82) is 0 Å². The SMILES string of the molecule is CCN=C1Nc2ccc(NS(=O)(=O)c3cccs3)cc2CC(C)N1C.[HH].[HH]. The van der Waals surface area contributed by atoms with Crippen LogP contribution in [-0.4, -0.2) is 38.9 Å². The molecular weight excluding hydrogens is 356 g/mol. The van der Waals surface area contributed by atoms with Crippen LogP contribution in [0.25, 0.3) is 0 Å². The van der Waals surface area contributed by atoms with E-state index in [1.807, 2.05) is 26.1 Å². The van der Waals surface area contributed by atoms with Gasteiger partial charge >= 0.3 is 0 Å². The molecule has 2 N–H and O–H groups in total. The fourth-order valence-corrected chi connectivity index (χ4v) is 4.79. The van der Waals surface area contributed by atoms with E-state index in [0.717, 1.165) is 23.6 Å². The summed E-state index contributed by atoms with van der Waals surface area (Å²) >= 11 is 1.20. The predicted molar refractivity (Wildman–Crippen MR) is 108 cm³/mol. The molecule has 1 atom stereocenters. The van der Waals surface area contributed by atoms with E-state index >= 15 is 0 Å². The lowest BCUT2D eigenvalue weighted by atomic mass is 10.0. The Balaban J connectivity index is 0.00000182. The number of rotatable bonds is 4. The summed E-state index contributed by atoms with van der Waals surface area (Å²) in [4.78, 5) is 6.62. The first kappa shape index (κ1) is 17.8. The van der Waals surface area contributed by atoms with Gasteiger partial charge in [-0.05, 0) is 55.5 Å². The number of nitrogens with one attached hydrogen (secondary N) is 2. The van der Waals surface area contributed by atoms with Crippen LogP contribution < -0.4 is 10.0 Å². The standard InChI is InChI=1S/C17H22N4O2S2.2H2/c1-4-18-17-19-15-8-7-14(11-13(15)10-12(2)21(17)3)20-25(22,23)16-6-5-9-24-16;;/h5-9,11-12,20H,4,10H2,1-3H3,(H,18,19);2*1H. The molecule has 8 heteroatoms. The normalized spacial score (nSPS) is 19.2. The number of fused-ring (bicyclic) bond motifs is 1. The van der Waals surface area contributed by atoms with Gasteiger partial charge in [0, 0.05) is 33.9 Å². The second kappa shape index (κ2) is 7.05. The maximum absolute atomic E-state index is 12.4. The number of hydrogen-bond acceptors (Lipinski definition) is 4. The molecule has 3 rings (SSSR count). The molecule has 2 heterocycles. The summed E-state index contributed by atoms with van der Waals surface area (Å²) in [6, 6.07) is 9.15. The van der Waals surface area contributed by atoms with Gasteiger partial charge in [0.2, 0.25) is 0 Å². The molecule has 0 saturated carbocycles. The first-order valence-corrected chi connectivity index (χ1v) is 10.5. The lowest BCUT2D eigenvalue weighted by molar-refractivity contribution is 0.390. The third-order valence-electron chi connectivity index (χ3n) is 4.18. The highest BCUT2D eigenvalue weighted by molar-refractivity contribution is 7.94. The largest absolute Gasteiger partial charge is 0.343 e. The summed E-state index contributed by atoms with van der Waals surface area (Å²) in [5, 5.41) is 5.11. The molecule has 1 unspecified atom stereocenters. The quantitative estimate of drug-likeness (QED) is 0.845. The third kappa shape index (κ3) is 3.80. The highest BCUT2D eigenvalue weighted by Gasteiger charge is 2.22. The number of hydrogen-bond donors (Lipinski definition) is 2. The molecule has 6 nitrogen and oxygen atoms in total. The van der Waals surface area contributed by atoms with Crippen molar-refractivity contribution in [2.24, 2.45) is 4.99 Å². The van der Waals surface area contributed by atoms with Crippen LogP contribution in [-0.2, 0) is 16.4 Å². The van der Waals surface area contributed by atoms with Crippen LogP contribution in [0.2, 0.25) is 0 Å². The van der Waals surface area contributed by atoms with Gasteiger partial charge in [-0.25, -0.2) is 8.42 Å². The van der Waals surface area contributed by atoms with E-state index in [0.29, 0.717) is 16.4 Å². The van der Waals surface area contributed by atoms with Gasteiger partial charge < -0.3 is 10.2 Å². The van der Waals surface area contributed by atoms with E-state index in [9.17, 15) is 8.42 Å². The summed E-state index contributed by atoms with van der Waals surface area (Å²) in [5.41, 5.74) is 2.59. The molecule has 0 amide bonds. The first-order chi connectivity index (χ1) is 11.9. The van der Waals surface area contributed by atoms with Crippen LogP contribution in [0.5, 0.6) is 0 Å². The number of benzene rings is 1. The zero-order chi connectivity index (χ0) is 18.0. The monoisotopic (exact) mass is 382 g/mol. The molecule has 2 aromatic rings. The van der Waals surface area contributed by atoms with Crippen molar-refractivity contribution in [3.63, 3.8) is 0 Å². The zero-order valence-electron chi connectivity index (χ0n) is 14.5. The molecule has 1 aliphatic rings. The smallest absolute Gasteiger partial charge is 0.271 e. The van der Waals surface area contributed by atoms with E-state index in [2.05, 4.69) is 26.9 Å². The molecule has 25 heavy (non-hydrogen) atoms. The molecule has 1 aromatic heterocycles. The Hall–Kier alpha value is -2.06. The number of likely N-dealkylation sites (N-methyl/N-ethyl adjacent to an activating group) is 1. The lowest BCUT2D eigenvalue weighted by Crippen LogP contribution is -2.38. The second-order valence-corrected chi connectivity index (χ2v) is 8.85. The van der Waals surface area contributed by atoms with Crippen molar-refractivity contribution in [2.45, 2.75) is 30.5 Å². The van der Waals surface area contributed by atoms with Crippen molar-refractivity contribution >= 4 is 38.7 Å². The van der Waals surface area contributed by atoms with E-state index < -0.39 is 10.0 Å². The number of thiophene rings is 1. The summed E-state index contributed by atoms with van der Waals surface area (Å²) in [5.74, 6) is 0.834. The van der Waals surface area contributed by atoms with Crippen molar-refractivity contribution in [3.8, 4) is 0 Å². The average Bonchev–Trinajstić information content (AvgIpc) is 3.07. The van der Waals surface area contributed by atoms with Crippen LogP contribution >= 0.6 is 11.3 Å². The molecule has 1 aromatic carbocycles. The Bertz CT molecular complexity index is 886. The summed E-state index contributed by atoms with van der Waals surface area (Å²) in [6.07, 6.45) is 0.802. The highest BCUT2D eigenvalue weighted by Crippen LogP contribution is 2.28. The fourth-order valence-electron chi connectivity index (χ4n) is 2.74. The molecule has 1 aliphatic heterocycles. The molecule has 0 radical (unpaired) electrons. The van der Waals surface area contributed by atoms with Gasteiger partial charge in [-0.2, -0.15) is 0 Å². The Labute approximate surface area is 155 Å². The number of aliphatic imine (C=N–C) groups is 1. The summed E-state index contributed by atoms with van der Waals surface area (Å²) in [7, 11) is -1.52. The number of anilines is 2. The summed E-state index contributed by atoms with van der Waals surface area (Å²) in [6.45, 7) is 4.83.